The van der Waals surface area contributed by atoms with Crippen LogP contribution < -0.4 is 5.32 Å². The van der Waals surface area contributed by atoms with Gasteiger partial charge in [0.1, 0.15) is 11.4 Å². The third-order valence-electron chi connectivity index (χ3n) is 3.73. The summed E-state index contributed by atoms with van der Waals surface area (Å²) in [6, 6.07) is 6.70. The smallest absolute Gasteiger partial charge is 0.410 e. The molecule has 2 heterocycles. The monoisotopic (exact) mass is 280 g/mol. The highest BCUT2D eigenvalue weighted by Crippen LogP contribution is 2.29. The summed E-state index contributed by atoms with van der Waals surface area (Å²) in [6.45, 7) is 4.42. The van der Waals surface area contributed by atoms with E-state index in [0.717, 1.165) is 32.5 Å². The van der Waals surface area contributed by atoms with Crippen molar-refractivity contribution < 1.29 is 13.9 Å². The number of carbonyl (C=O) groups excluding carboxylic acids is 1. The van der Waals surface area contributed by atoms with E-state index < -0.39 is 0 Å². The van der Waals surface area contributed by atoms with E-state index in [-0.39, 0.29) is 17.5 Å². The molecule has 0 radical (unpaired) electrons. The van der Waals surface area contributed by atoms with Crippen LogP contribution in [0.4, 0.5) is 9.18 Å². The number of amides is 1. The van der Waals surface area contributed by atoms with Crippen LogP contribution in [-0.2, 0) is 4.74 Å². The first-order valence-corrected chi connectivity index (χ1v) is 6.88. The molecule has 2 fully saturated rings. The summed E-state index contributed by atoms with van der Waals surface area (Å²) < 4.78 is 17.7. The Morgan fingerprint density at radius 1 is 1.30 bits per heavy atom. The lowest BCUT2D eigenvalue weighted by Gasteiger charge is -2.30. The van der Waals surface area contributed by atoms with Crippen molar-refractivity contribution in [2.45, 2.75) is 25.4 Å². The highest BCUT2D eigenvalue weighted by Gasteiger charge is 2.44. The van der Waals surface area contributed by atoms with Gasteiger partial charge in [0.25, 0.3) is 0 Å². The first-order valence-electron chi connectivity index (χ1n) is 6.88. The first kappa shape index (κ1) is 14.8. The van der Waals surface area contributed by atoms with Gasteiger partial charge in [-0.2, -0.15) is 0 Å². The number of ether oxygens (including phenoxy) is 1. The van der Waals surface area contributed by atoms with E-state index in [1.807, 2.05) is 6.07 Å². The molecule has 0 saturated carbocycles. The first-order chi connectivity index (χ1) is 9.52. The van der Waals surface area contributed by atoms with Crippen LogP contribution in [0.15, 0.2) is 24.3 Å². The number of nitrogens with one attached hydrogen (secondary N) is 1. The zero-order valence-corrected chi connectivity index (χ0v) is 12.0. The number of likely N-dealkylation sites (N-methyl/N-ethyl adjacent to an activating group) is 1. The van der Waals surface area contributed by atoms with Crippen LogP contribution >= 0.6 is 0 Å². The SMILES string of the molecule is CN1CC2(CCNCC2)OC1=O.Cc1ccccc1F. The lowest BCUT2D eigenvalue weighted by molar-refractivity contribution is 0.0316. The molecule has 2 aliphatic rings. The van der Waals surface area contributed by atoms with E-state index in [9.17, 15) is 9.18 Å². The lowest BCUT2D eigenvalue weighted by Crippen LogP contribution is -2.44. The van der Waals surface area contributed by atoms with E-state index in [4.69, 9.17) is 4.74 Å². The summed E-state index contributed by atoms with van der Waals surface area (Å²) in [6.07, 6.45) is 1.73. The standard InChI is InChI=1S/C8H14N2O2.C7H7F/c1-10-6-8(12-7(10)11)2-4-9-5-3-8;1-6-4-2-3-5-7(6)8/h9H,2-6H2,1H3;2-5H,1H3. The van der Waals surface area contributed by atoms with Crippen molar-refractivity contribution in [3.8, 4) is 0 Å². The number of nitrogens with zero attached hydrogens (tertiary/aromatic N) is 1. The van der Waals surface area contributed by atoms with Crippen LogP contribution in [0.25, 0.3) is 0 Å². The van der Waals surface area contributed by atoms with Gasteiger partial charge in [0.2, 0.25) is 0 Å². The van der Waals surface area contributed by atoms with Crippen molar-refractivity contribution in [1.29, 1.82) is 0 Å². The topological polar surface area (TPSA) is 41.6 Å². The van der Waals surface area contributed by atoms with Crippen LogP contribution in [-0.4, -0.2) is 43.3 Å². The van der Waals surface area contributed by atoms with Crippen LogP contribution in [0.5, 0.6) is 0 Å². The average Bonchev–Trinajstić information content (AvgIpc) is 2.69. The Kier molecular flexibility index (Phi) is 4.60. The zero-order valence-electron chi connectivity index (χ0n) is 12.0. The largest absolute Gasteiger partial charge is 0.441 e. The third-order valence-corrected chi connectivity index (χ3v) is 3.73. The minimum absolute atomic E-state index is 0.132. The second kappa shape index (κ2) is 6.22. The molecule has 1 aromatic rings. The van der Waals surface area contributed by atoms with Crippen LogP contribution in [0.1, 0.15) is 18.4 Å². The van der Waals surface area contributed by atoms with Gasteiger partial charge in [-0.25, -0.2) is 9.18 Å². The Balaban J connectivity index is 0.000000160. The van der Waals surface area contributed by atoms with Crippen molar-refractivity contribution in [1.82, 2.24) is 10.2 Å². The summed E-state index contributed by atoms with van der Waals surface area (Å²) in [5, 5.41) is 3.26. The number of halogens is 1. The number of piperidine rings is 1. The number of hydrogen-bond acceptors (Lipinski definition) is 3. The molecule has 1 N–H and O–H groups in total. The maximum Gasteiger partial charge on any atom is 0.410 e. The van der Waals surface area contributed by atoms with Crippen LogP contribution in [0, 0.1) is 12.7 Å². The zero-order chi connectivity index (χ0) is 14.6. The number of carbonyl (C=O) groups is 1. The molecule has 0 bridgehead atoms. The maximum atomic E-state index is 12.3. The molecule has 0 aliphatic carbocycles. The highest BCUT2D eigenvalue weighted by atomic mass is 19.1. The highest BCUT2D eigenvalue weighted by molar-refractivity contribution is 5.70. The molecule has 3 rings (SSSR count). The lowest BCUT2D eigenvalue weighted by atomic mass is 9.93. The van der Waals surface area contributed by atoms with Crippen molar-refractivity contribution >= 4 is 6.09 Å². The number of rotatable bonds is 0. The molecule has 1 amide bonds. The van der Waals surface area contributed by atoms with Gasteiger partial charge in [-0.15, -0.1) is 0 Å². The van der Waals surface area contributed by atoms with Crippen molar-refractivity contribution in [3.63, 3.8) is 0 Å². The molecular formula is C15H21FN2O2. The van der Waals surface area contributed by atoms with Gasteiger partial charge in [-0.1, -0.05) is 18.2 Å². The average molecular weight is 280 g/mol. The second-order valence-corrected chi connectivity index (χ2v) is 5.41. The van der Waals surface area contributed by atoms with Crippen LogP contribution in [0.2, 0.25) is 0 Å². The van der Waals surface area contributed by atoms with Gasteiger partial charge in [-0.05, 0) is 31.6 Å². The second-order valence-electron chi connectivity index (χ2n) is 5.41. The molecule has 5 heteroatoms. The van der Waals surface area contributed by atoms with E-state index in [1.165, 1.54) is 6.07 Å². The van der Waals surface area contributed by atoms with Crippen LogP contribution in [0.3, 0.4) is 0 Å². The maximum absolute atomic E-state index is 12.3. The van der Waals surface area contributed by atoms with Gasteiger partial charge >= 0.3 is 6.09 Å². The summed E-state index contributed by atoms with van der Waals surface area (Å²) in [5.74, 6) is -0.132. The Bertz CT molecular complexity index is 452. The molecule has 0 atom stereocenters. The van der Waals surface area contributed by atoms with E-state index in [1.54, 1.807) is 31.0 Å². The predicted molar refractivity (Wildman–Crippen MR) is 75.1 cm³/mol. The molecule has 0 unspecified atom stereocenters. The van der Waals surface area contributed by atoms with E-state index in [2.05, 4.69) is 5.32 Å². The van der Waals surface area contributed by atoms with Crippen molar-refractivity contribution in [2.75, 3.05) is 26.7 Å². The normalized spacial score (nSPS) is 20.4. The quantitative estimate of drug-likeness (QED) is 0.793. The molecular weight excluding hydrogens is 259 g/mol. The van der Waals surface area contributed by atoms with Gasteiger partial charge in [0.05, 0.1) is 6.54 Å². The molecule has 1 aromatic carbocycles. The Morgan fingerprint density at radius 2 is 1.95 bits per heavy atom. The molecule has 2 aliphatic heterocycles. The van der Waals surface area contributed by atoms with Gasteiger partial charge in [0.15, 0.2) is 0 Å². The van der Waals surface area contributed by atoms with Crippen molar-refractivity contribution in [3.05, 3.63) is 35.6 Å². The molecule has 4 nitrogen and oxygen atoms in total. The van der Waals surface area contributed by atoms with Gasteiger partial charge in [0, 0.05) is 19.9 Å². The Hall–Kier alpha value is -1.62. The minimum atomic E-state index is -0.170. The summed E-state index contributed by atoms with van der Waals surface area (Å²) in [5.41, 5.74) is 0.532. The minimum Gasteiger partial charge on any atom is -0.441 e. The summed E-state index contributed by atoms with van der Waals surface area (Å²) >= 11 is 0. The van der Waals surface area contributed by atoms with Gasteiger partial charge in [-0.3, -0.25) is 0 Å². The van der Waals surface area contributed by atoms with Crippen molar-refractivity contribution in [2.24, 2.45) is 0 Å². The van der Waals surface area contributed by atoms with Gasteiger partial charge < -0.3 is 15.0 Å². The fraction of sp³-hybridized carbons (Fsp3) is 0.533. The Morgan fingerprint density at radius 3 is 2.40 bits per heavy atom. The molecule has 2 saturated heterocycles. The third kappa shape index (κ3) is 3.48. The fourth-order valence-corrected chi connectivity index (χ4v) is 2.49. The summed E-state index contributed by atoms with van der Waals surface area (Å²) in [7, 11) is 1.79. The fourth-order valence-electron chi connectivity index (χ4n) is 2.49. The van der Waals surface area contributed by atoms with E-state index >= 15 is 0 Å². The van der Waals surface area contributed by atoms with E-state index in [0.29, 0.717) is 5.56 Å². The number of benzene rings is 1. The molecule has 1 spiro atoms. The Labute approximate surface area is 118 Å². The molecule has 0 aromatic heterocycles. The number of hydrogen-bond donors (Lipinski definition) is 1. The molecule has 110 valence electrons. The summed E-state index contributed by atoms with van der Waals surface area (Å²) in [4.78, 5) is 12.8. The number of aryl methyl sites for hydroxylation is 1. The predicted octanol–water partition coefficient (Wildman–Crippen LogP) is 2.32. The molecule has 20 heavy (non-hydrogen) atoms.